The number of hydrogen-bond acceptors (Lipinski definition) is 7. The van der Waals surface area contributed by atoms with Crippen LogP contribution in [0, 0.1) is 18.2 Å². The van der Waals surface area contributed by atoms with Gasteiger partial charge in [0.05, 0.1) is 23.3 Å². The van der Waals surface area contributed by atoms with Gasteiger partial charge in [-0.2, -0.15) is 0 Å². The fourth-order valence-electron chi connectivity index (χ4n) is 4.28. The Bertz CT molecular complexity index is 1700. The molecule has 0 amide bonds. The Labute approximate surface area is 245 Å². The van der Waals surface area contributed by atoms with Gasteiger partial charge in [-0.1, -0.05) is 40.8 Å². The number of aromatic nitrogens is 2. The van der Waals surface area contributed by atoms with Crippen LogP contribution in [0.1, 0.15) is 17.4 Å². The molecule has 2 N–H and O–H groups in total. The Kier molecular flexibility index (Phi) is 9.07. The first kappa shape index (κ1) is 28.5. The molecule has 41 heavy (non-hydrogen) atoms. The van der Waals surface area contributed by atoms with Crippen molar-refractivity contribution in [3.8, 4) is 29.4 Å². The molecule has 0 bridgehead atoms. The lowest BCUT2D eigenvalue weighted by Crippen LogP contribution is -2.27. The predicted octanol–water partition coefficient (Wildman–Crippen LogP) is 6.65. The van der Waals surface area contributed by atoms with E-state index >= 15 is 0 Å². The first-order valence-corrected chi connectivity index (χ1v) is 14.8. The molecular formula is C31H26ClFN4O3S. The average Bonchev–Trinajstić information content (AvgIpc) is 3.45. The van der Waals surface area contributed by atoms with Gasteiger partial charge in [0.15, 0.2) is 0 Å². The molecule has 0 aliphatic heterocycles. The normalized spacial score (nSPS) is 12.6. The minimum atomic E-state index is -1.04. The number of benzene rings is 3. The summed E-state index contributed by atoms with van der Waals surface area (Å²) in [5.41, 5.74) is 2.98. The number of rotatable bonds is 11. The van der Waals surface area contributed by atoms with Gasteiger partial charge in [0.1, 0.15) is 53.6 Å². The second-order valence-corrected chi connectivity index (χ2v) is 11.1. The van der Waals surface area contributed by atoms with E-state index in [0.29, 0.717) is 51.7 Å². The third-order valence-corrected chi connectivity index (χ3v) is 7.32. The van der Waals surface area contributed by atoms with E-state index in [4.69, 9.17) is 27.2 Å². The first-order chi connectivity index (χ1) is 19.9. The van der Waals surface area contributed by atoms with E-state index < -0.39 is 11.2 Å². The predicted molar refractivity (Wildman–Crippen MR) is 161 cm³/mol. The van der Waals surface area contributed by atoms with Crippen molar-refractivity contribution in [2.45, 2.75) is 12.6 Å². The number of anilines is 2. The van der Waals surface area contributed by atoms with E-state index in [-0.39, 0.29) is 18.5 Å². The summed E-state index contributed by atoms with van der Waals surface area (Å²) in [6.45, 7) is 0.527. The van der Waals surface area contributed by atoms with Crippen LogP contribution in [0.15, 0.2) is 83.5 Å². The number of terminal acetylenes is 1. The van der Waals surface area contributed by atoms with Crippen molar-refractivity contribution >= 4 is 45.2 Å². The fourth-order valence-corrected chi connectivity index (χ4v) is 5.27. The first-order valence-electron chi connectivity index (χ1n) is 12.6. The maximum atomic E-state index is 13.5. The van der Waals surface area contributed by atoms with Crippen molar-refractivity contribution in [3.05, 3.63) is 101 Å². The molecule has 0 saturated carbocycles. The topological polar surface area (TPSA) is 95.3 Å². The number of furan rings is 1. The number of nitrogens with zero attached hydrogens (tertiary/aromatic N) is 2. The Morgan fingerprint density at radius 3 is 2.78 bits per heavy atom. The number of ether oxygens (including phenoxy) is 1. The quantitative estimate of drug-likeness (QED) is 0.132. The Balaban J connectivity index is 1.35. The Morgan fingerprint density at radius 2 is 2.00 bits per heavy atom. The summed E-state index contributed by atoms with van der Waals surface area (Å²) in [6.07, 6.45) is 8.53. The van der Waals surface area contributed by atoms with Crippen LogP contribution >= 0.6 is 11.6 Å². The molecule has 1 unspecified atom stereocenters. The number of nitrogens with one attached hydrogen (secondary N) is 2. The zero-order valence-corrected chi connectivity index (χ0v) is 23.6. The minimum Gasteiger partial charge on any atom is -0.616 e. The molecule has 2 aromatic heterocycles. The Morgan fingerprint density at radius 1 is 1.12 bits per heavy atom. The molecule has 0 radical (unpaired) electrons. The third kappa shape index (κ3) is 7.17. The summed E-state index contributed by atoms with van der Waals surface area (Å²) in [4.78, 5) is 8.84. The van der Waals surface area contributed by atoms with Gasteiger partial charge in [-0.3, -0.25) is 5.32 Å². The van der Waals surface area contributed by atoms with Crippen LogP contribution in [0.25, 0.3) is 22.2 Å². The van der Waals surface area contributed by atoms with Crippen LogP contribution in [0.4, 0.5) is 15.9 Å². The van der Waals surface area contributed by atoms with Crippen LogP contribution in [-0.2, 0) is 17.8 Å². The lowest BCUT2D eigenvalue weighted by Gasteiger charge is -2.15. The van der Waals surface area contributed by atoms with Gasteiger partial charge in [-0.25, -0.2) is 14.4 Å². The van der Waals surface area contributed by atoms with E-state index in [1.807, 2.05) is 36.4 Å². The minimum absolute atomic E-state index is 0.190. The highest BCUT2D eigenvalue weighted by Gasteiger charge is 2.20. The molecule has 0 aliphatic rings. The average molecular weight is 589 g/mol. The van der Waals surface area contributed by atoms with Gasteiger partial charge < -0.3 is 19.0 Å². The zero-order valence-electron chi connectivity index (χ0n) is 22.1. The fraction of sp³-hybridized carbons (Fsp3) is 0.161. The second-order valence-electron chi connectivity index (χ2n) is 9.22. The highest BCUT2D eigenvalue weighted by atomic mass is 35.5. The van der Waals surface area contributed by atoms with Gasteiger partial charge in [-0.05, 0) is 66.2 Å². The van der Waals surface area contributed by atoms with Crippen LogP contribution < -0.4 is 15.4 Å². The molecule has 0 spiro atoms. The molecule has 208 valence electrons. The monoisotopic (exact) mass is 588 g/mol. The van der Waals surface area contributed by atoms with Gasteiger partial charge >= 0.3 is 0 Å². The molecule has 2 atom stereocenters. The van der Waals surface area contributed by atoms with Gasteiger partial charge in [0.2, 0.25) is 0 Å². The molecule has 5 rings (SSSR count). The highest BCUT2D eigenvalue weighted by Crippen LogP contribution is 2.33. The number of hydrogen-bond donors (Lipinski definition) is 2. The van der Waals surface area contributed by atoms with E-state index in [2.05, 4.69) is 26.5 Å². The van der Waals surface area contributed by atoms with E-state index in [1.54, 1.807) is 30.5 Å². The smallest absolute Gasteiger partial charge is 0.141 e. The molecule has 2 heterocycles. The summed E-state index contributed by atoms with van der Waals surface area (Å²) in [7, 11) is 0. The zero-order chi connectivity index (χ0) is 28.8. The van der Waals surface area contributed by atoms with Crippen LogP contribution in [0.3, 0.4) is 0 Å². The van der Waals surface area contributed by atoms with Crippen LogP contribution in [0.2, 0.25) is 5.02 Å². The molecule has 0 fully saturated rings. The molecule has 5 aromatic rings. The molecule has 0 aliphatic carbocycles. The van der Waals surface area contributed by atoms with Crippen molar-refractivity contribution in [1.29, 1.82) is 0 Å². The summed E-state index contributed by atoms with van der Waals surface area (Å²) >= 11 is 5.45. The molecule has 7 nitrogen and oxygen atoms in total. The summed E-state index contributed by atoms with van der Waals surface area (Å²) in [5.74, 6) is 4.97. The van der Waals surface area contributed by atoms with Gasteiger partial charge in [0, 0.05) is 16.6 Å². The van der Waals surface area contributed by atoms with Crippen LogP contribution in [-0.4, -0.2) is 33.1 Å². The largest absolute Gasteiger partial charge is 0.616 e. The van der Waals surface area contributed by atoms with Crippen LogP contribution in [0.5, 0.6) is 5.75 Å². The SMILES string of the molecule is C#CCN[C@@H](C[S+](C)[O-])c1ccc(-c2ccc3ncnc(Nc4ccc(OCc5cccc(F)c5)c(Cl)c4)c3c2)o1. The molecule has 3 aromatic carbocycles. The maximum Gasteiger partial charge on any atom is 0.141 e. The highest BCUT2D eigenvalue weighted by molar-refractivity contribution is 7.90. The number of fused-ring (bicyclic) bond motifs is 1. The van der Waals surface area contributed by atoms with Gasteiger partial charge in [0.25, 0.3) is 0 Å². The lowest BCUT2D eigenvalue weighted by molar-refractivity contribution is 0.306. The summed E-state index contributed by atoms with van der Waals surface area (Å²) in [6, 6.07) is 20.8. The van der Waals surface area contributed by atoms with Crippen molar-refractivity contribution < 1.29 is 18.1 Å². The van der Waals surface area contributed by atoms with E-state index in [0.717, 1.165) is 16.5 Å². The van der Waals surface area contributed by atoms with Gasteiger partial charge in [-0.15, -0.1) is 6.42 Å². The molecule has 0 saturated heterocycles. The summed E-state index contributed by atoms with van der Waals surface area (Å²) in [5, 5.41) is 7.67. The van der Waals surface area contributed by atoms with Crippen molar-refractivity contribution in [2.75, 3.05) is 23.9 Å². The summed E-state index contributed by atoms with van der Waals surface area (Å²) < 4.78 is 37.3. The van der Waals surface area contributed by atoms with E-state index in [1.165, 1.54) is 18.5 Å². The maximum absolute atomic E-state index is 13.5. The molecule has 10 heteroatoms. The van der Waals surface area contributed by atoms with Crippen molar-refractivity contribution in [1.82, 2.24) is 15.3 Å². The molecular weight excluding hydrogens is 563 g/mol. The van der Waals surface area contributed by atoms with E-state index in [9.17, 15) is 8.94 Å². The number of halogens is 2. The standard InChI is InChI=1S/C31H26ClFN4O3S/c1-3-13-34-27(18-41(2)38)30-12-11-28(40-30)21-7-9-26-24(15-21)31(36-19-35-26)37-23-8-10-29(25(32)16-23)39-17-20-5-4-6-22(33)14-20/h1,4-12,14-16,19,27,34H,13,17-18H2,2H3,(H,35,36,37)/t27-,41?/m0/s1. The second kappa shape index (κ2) is 13.1. The lowest BCUT2D eigenvalue weighted by atomic mass is 10.1. The third-order valence-electron chi connectivity index (χ3n) is 6.22. The van der Waals surface area contributed by atoms with Crippen molar-refractivity contribution in [3.63, 3.8) is 0 Å². The Hall–Kier alpha value is -4.07. The van der Waals surface area contributed by atoms with Crippen molar-refractivity contribution in [2.24, 2.45) is 0 Å².